The molecule has 0 fully saturated rings. The zero-order valence-electron chi connectivity index (χ0n) is 9.41. The fourth-order valence-electron chi connectivity index (χ4n) is 1.52. The SMILES string of the molecule is COC(=O)Cc1cc(C)c(C#N)cc1CN. The van der Waals surface area contributed by atoms with E-state index < -0.39 is 0 Å². The first-order valence-electron chi connectivity index (χ1n) is 4.91. The van der Waals surface area contributed by atoms with E-state index in [1.165, 1.54) is 7.11 Å². The summed E-state index contributed by atoms with van der Waals surface area (Å²) in [4.78, 5) is 11.2. The van der Waals surface area contributed by atoms with Gasteiger partial charge in [-0.3, -0.25) is 4.79 Å². The molecule has 0 heterocycles. The van der Waals surface area contributed by atoms with Crippen LogP contribution in [-0.2, 0) is 22.5 Å². The Balaban J connectivity index is 3.14. The van der Waals surface area contributed by atoms with Crippen LogP contribution >= 0.6 is 0 Å². The van der Waals surface area contributed by atoms with Crippen molar-refractivity contribution in [3.8, 4) is 6.07 Å². The van der Waals surface area contributed by atoms with Gasteiger partial charge in [0.1, 0.15) is 0 Å². The van der Waals surface area contributed by atoms with Gasteiger partial charge in [-0.1, -0.05) is 6.07 Å². The highest BCUT2D eigenvalue weighted by atomic mass is 16.5. The largest absolute Gasteiger partial charge is 0.469 e. The Kier molecular flexibility index (Phi) is 4.03. The summed E-state index contributed by atoms with van der Waals surface area (Å²) in [6, 6.07) is 5.64. The molecule has 0 saturated heterocycles. The lowest BCUT2D eigenvalue weighted by Crippen LogP contribution is -2.10. The molecular weight excluding hydrogens is 204 g/mol. The average molecular weight is 218 g/mol. The summed E-state index contributed by atoms with van der Waals surface area (Å²) in [6.07, 6.45) is 0.190. The standard InChI is InChI=1S/C12H14N2O2/c1-8-3-9(5-12(15)16-2)11(7-14)4-10(8)6-13/h3-4H,5,7,14H2,1-2H3. The van der Waals surface area contributed by atoms with Gasteiger partial charge in [-0.15, -0.1) is 0 Å². The van der Waals surface area contributed by atoms with Crippen LogP contribution < -0.4 is 5.73 Å². The van der Waals surface area contributed by atoms with Crippen LogP contribution in [0.15, 0.2) is 12.1 Å². The highest BCUT2D eigenvalue weighted by Gasteiger charge is 2.10. The molecule has 4 nitrogen and oxygen atoms in total. The number of aryl methyl sites for hydroxylation is 1. The lowest BCUT2D eigenvalue weighted by molar-refractivity contribution is -0.139. The number of rotatable bonds is 3. The Morgan fingerprint density at radius 2 is 2.19 bits per heavy atom. The van der Waals surface area contributed by atoms with Gasteiger partial charge >= 0.3 is 5.97 Å². The Labute approximate surface area is 94.6 Å². The third kappa shape index (κ3) is 2.59. The van der Waals surface area contributed by atoms with Crippen LogP contribution in [0.25, 0.3) is 0 Å². The molecule has 0 aromatic heterocycles. The zero-order valence-corrected chi connectivity index (χ0v) is 9.41. The molecule has 0 bridgehead atoms. The first-order valence-corrected chi connectivity index (χ1v) is 4.91. The number of methoxy groups -OCH3 is 1. The van der Waals surface area contributed by atoms with Crippen molar-refractivity contribution in [1.82, 2.24) is 0 Å². The maximum atomic E-state index is 11.2. The van der Waals surface area contributed by atoms with Gasteiger partial charge in [-0.05, 0) is 29.7 Å². The molecule has 0 aliphatic rings. The maximum Gasteiger partial charge on any atom is 0.309 e. The van der Waals surface area contributed by atoms with E-state index in [1.54, 1.807) is 6.07 Å². The highest BCUT2D eigenvalue weighted by molar-refractivity contribution is 5.73. The lowest BCUT2D eigenvalue weighted by atomic mass is 9.98. The molecule has 0 aliphatic carbocycles. The minimum absolute atomic E-state index is 0.190. The molecule has 16 heavy (non-hydrogen) atoms. The third-order valence-corrected chi connectivity index (χ3v) is 2.45. The minimum Gasteiger partial charge on any atom is -0.469 e. The van der Waals surface area contributed by atoms with Gasteiger partial charge in [0.15, 0.2) is 0 Å². The smallest absolute Gasteiger partial charge is 0.309 e. The van der Waals surface area contributed by atoms with Crippen molar-refractivity contribution in [2.45, 2.75) is 19.9 Å². The summed E-state index contributed by atoms with van der Waals surface area (Å²) in [7, 11) is 1.35. The predicted octanol–water partition coefficient (Wildman–Crippen LogP) is 1.04. The summed E-state index contributed by atoms with van der Waals surface area (Å²) in [5, 5.41) is 8.87. The first-order chi connectivity index (χ1) is 7.62. The molecular formula is C12H14N2O2. The number of nitrogens with two attached hydrogens (primary N) is 1. The van der Waals surface area contributed by atoms with Gasteiger partial charge in [0.2, 0.25) is 0 Å². The number of carbonyl (C=O) groups excluding carboxylic acids is 1. The predicted molar refractivity (Wildman–Crippen MR) is 59.5 cm³/mol. The number of hydrogen-bond donors (Lipinski definition) is 1. The number of hydrogen-bond acceptors (Lipinski definition) is 4. The van der Waals surface area contributed by atoms with Gasteiger partial charge in [-0.25, -0.2) is 0 Å². The topological polar surface area (TPSA) is 76.1 Å². The molecule has 0 amide bonds. The van der Waals surface area contributed by atoms with E-state index in [0.717, 1.165) is 16.7 Å². The molecule has 1 aromatic rings. The van der Waals surface area contributed by atoms with E-state index in [4.69, 9.17) is 11.0 Å². The number of ether oxygens (including phenoxy) is 1. The second-order valence-electron chi connectivity index (χ2n) is 3.50. The van der Waals surface area contributed by atoms with Crippen molar-refractivity contribution in [3.05, 3.63) is 34.4 Å². The van der Waals surface area contributed by atoms with Crippen molar-refractivity contribution >= 4 is 5.97 Å². The average Bonchev–Trinajstić information content (AvgIpc) is 2.29. The number of nitrogens with zero attached hydrogens (tertiary/aromatic N) is 1. The van der Waals surface area contributed by atoms with Gasteiger partial charge in [0.05, 0.1) is 25.2 Å². The number of benzene rings is 1. The van der Waals surface area contributed by atoms with E-state index in [9.17, 15) is 4.79 Å². The lowest BCUT2D eigenvalue weighted by Gasteiger charge is -2.09. The quantitative estimate of drug-likeness (QED) is 0.769. The first kappa shape index (κ1) is 12.2. The molecule has 84 valence electrons. The summed E-state index contributed by atoms with van der Waals surface area (Å²) in [5.41, 5.74) is 8.66. The van der Waals surface area contributed by atoms with Crippen LogP contribution in [0.5, 0.6) is 0 Å². The normalized spacial score (nSPS) is 9.62. The van der Waals surface area contributed by atoms with Crippen molar-refractivity contribution in [2.75, 3.05) is 7.11 Å². The third-order valence-electron chi connectivity index (χ3n) is 2.45. The van der Waals surface area contributed by atoms with Crippen molar-refractivity contribution in [3.63, 3.8) is 0 Å². The molecule has 2 N–H and O–H groups in total. The van der Waals surface area contributed by atoms with Crippen LogP contribution in [-0.4, -0.2) is 13.1 Å². The molecule has 0 atom stereocenters. The fraction of sp³-hybridized carbons (Fsp3) is 0.333. The van der Waals surface area contributed by atoms with E-state index >= 15 is 0 Å². The monoisotopic (exact) mass is 218 g/mol. The number of esters is 1. The van der Waals surface area contributed by atoms with Crippen LogP contribution in [0.4, 0.5) is 0 Å². The van der Waals surface area contributed by atoms with Crippen LogP contribution in [0.1, 0.15) is 22.3 Å². The second kappa shape index (κ2) is 5.29. The highest BCUT2D eigenvalue weighted by Crippen LogP contribution is 2.16. The summed E-state index contributed by atoms with van der Waals surface area (Å²) in [5.74, 6) is -0.307. The van der Waals surface area contributed by atoms with E-state index in [0.29, 0.717) is 12.1 Å². The van der Waals surface area contributed by atoms with Gasteiger partial charge in [0, 0.05) is 6.54 Å². The van der Waals surface area contributed by atoms with Gasteiger partial charge in [-0.2, -0.15) is 5.26 Å². The fourth-order valence-corrected chi connectivity index (χ4v) is 1.52. The molecule has 0 radical (unpaired) electrons. The molecule has 1 rings (SSSR count). The Morgan fingerprint density at radius 1 is 1.50 bits per heavy atom. The van der Waals surface area contributed by atoms with E-state index in [2.05, 4.69) is 10.8 Å². The minimum atomic E-state index is -0.307. The van der Waals surface area contributed by atoms with Crippen molar-refractivity contribution in [2.24, 2.45) is 5.73 Å². The Bertz CT molecular complexity index is 447. The number of carbonyl (C=O) groups is 1. The van der Waals surface area contributed by atoms with Crippen LogP contribution in [0.2, 0.25) is 0 Å². The molecule has 1 aromatic carbocycles. The summed E-state index contributed by atoms with van der Waals surface area (Å²) in [6.45, 7) is 2.14. The summed E-state index contributed by atoms with van der Waals surface area (Å²) >= 11 is 0. The van der Waals surface area contributed by atoms with Gasteiger partial charge < -0.3 is 10.5 Å². The zero-order chi connectivity index (χ0) is 12.1. The Hall–Kier alpha value is -1.86. The maximum absolute atomic E-state index is 11.2. The van der Waals surface area contributed by atoms with Gasteiger partial charge in [0.25, 0.3) is 0 Å². The molecule has 0 saturated carbocycles. The van der Waals surface area contributed by atoms with E-state index in [1.807, 2.05) is 13.0 Å². The Morgan fingerprint density at radius 3 is 2.69 bits per heavy atom. The molecule has 0 aliphatic heterocycles. The summed E-state index contributed by atoms with van der Waals surface area (Å²) < 4.78 is 4.61. The van der Waals surface area contributed by atoms with Crippen LogP contribution in [0, 0.1) is 18.3 Å². The van der Waals surface area contributed by atoms with Crippen molar-refractivity contribution < 1.29 is 9.53 Å². The second-order valence-corrected chi connectivity index (χ2v) is 3.50. The molecule has 4 heteroatoms. The van der Waals surface area contributed by atoms with E-state index in [-0.39, 0.29) is 12.4 Å². The van der Waals surface area contributed by atoms with Crippen molar-refractivity contribution in [1.29, 1.82) is 5.26 Å². The molecule has 0 spiro atoms. The van der Waals surface area contributed by atoms with Crippen LogP contribution in [0.3, 0.4) is 0 Å². The number of nitriles is 1. The molecule has 0 unspecified atom stereocenters.